The van der Waals surface area contributed by atoms with Gasteiger partial charge in [-0.25, -0.2) is 8.42 Å². The van der Waals surface area contributed by atoms with Crippen LogP contribution in [0.1, 0.15) is 21.5 Å². The van der Waals surface area contributed by atoms with Crippen molar-refractivity contribution in [2.75, 3.05) is 43.8 Å². The number of benzene rings is 2. The molecule has 9 heteroatoms. The van der Waals surface area contributed by atoms with E-state index in [1.54, 1.807) is 34.1 Å². The summed E-state index contributed by atoms with van der Waals surface area (Å²) < 4.78 is 30.6. The molecule has 8 nitrogen and oxygen atoms in total. The van der Waals surface area contributed by atoms with Gasteiger partial charge in [-0.1, -0.05) is 17.7 Å². The molecule has 31 heavy (non-hydrogen) atoms. The second-order valence-corrected chi connectivity index (χ2v) is 9.43. The molecule has 2 aromatic rings. The van der Waals surface area contributed by atoms with Gasteiger partial charge in [0.25, 0.3) is 11.8 Å². The van der Waals surface area contributed by atoms with Crippen LogP contribution < -0.4 is 9.46 Å². The van der Waals surface area contributed by atoms with Gasteiger partial charge in [-0.15, -0.1) is 0 Å². The number of nitrogens with zero attached hydrogens (tertiary/aromatic N) is 2. The van der Waals surface area contributed by atoms with Gasteiger partial charge in [0.2, 0.25) is 10.0 Å². The van der Waals surface area contributed by atoms with Crippen LogP contribution in [0.4, 0.5) is 5.69 Å². The standard InChI is InChI=1S/C22H27N3O5S/c1-16-4-9-20(17(2)14-16)30-15-21(26)24-10-12-25(13-11-24)22(27)18-5-7-19(8-6-18)23-31(3,28)29/h4-9,14,23H,10-13,15H2,1-3H3. The average molecular weight is 446 g/mol. The quantitative estimate of drug-likeness (QED) is 0.734. The molecule has 0 aromatic heterocycles. The van der Waals surface area contributed by atoms with Crippen molar-refractivity contribution < 1.29 is 22.7 Å². The molecule has 0 aliphatic carbocycles. The lowest BCUT2D eigenvalue weighted by atomic mass is 10.1. The Bertz CT molecular complexity index is 1060. The molecule has 0 atom stereocenters. The van der Waals surface area contributed by atoms with Crippen molar-refractivity contribution >= 4 is 27.5 Å². The molecule has 0 unspecified atom stereocenters. The second-order valence-electron chi connectivity index (χ2n) is 7.68. The Morgan fingerprint density at radius 1 is 0.968 bits per heavy atom. The summed E-state index contributed by atoms with van der Waals surface area (Å²) in [7, 11) is -3.37. The van der Waals surface area contributed by atoms with Gasteiger partial charge in [0.1, 0.15) is 5.75 Å². The first-order valence-corrected chi connectivity index (χ1v) is 11.9. The fraction of sp³-hybridized carbons (Fsp3) is 0.364. The van der Waals surface area contributed by atoms with E-state index >= 15 is 0 Å². The predicted octanol–water partition coefficient (Wildman–Crippen LogP) is 2.04. The third kappa shape index (κ3) is 6.21. The molecule has 1 aliphatic rings. The second kappa shape index (κ2) is 9.38. The zero-order valence-corrected chi connectivity index (χ0v) is 18.7. The summed E-state index contributed by atoms with van der Waals surface area (Å²) in [6.07, 6.45) is 1.07. The van der Waals surface area contributed by atoms with E-state index in [4.69, 9.17) is 4.74 Å². The smallest absolute Gasteiger partial charge is 0.260 e. The minimum absolute atomic E-state index is 0.0351. The molecule has 0 saturated carbocycles. The number of carbonyl (C=O) groups excluding carboxylic acids is 2. The number of rotatable bonds is 6. The van der Waals surface area contributed by atoms with Gasteiger partial charge in [-0.2, -0.15) is 0 Å². The Balaban J connectivity index is 1.50. The topological polar surface area (TPSA) is 96.0 Å². The molecule has 0 bridgehead atoms. The number of nitrogens with one attached hydrogen (secondary N) is 1. The van der Waals surface area contributed by atoms with Crippen molar-refractivity contribution in [1.82, 2.24) is 9.80 Å². The SMILES string of the molecule is Cc1ccc(OCC(=O)N2CCN(C(=O)c3ccc(NS(C)(=O)=O)cc3)CC2)c(C)c1. The summed E-state index contributed by atoms with van der Waals surface area (Å²) in [6.45, 7) is 5.65. The zero-order valence-electron chi connectivity index (χ0n) is 17.9. The molecular formula is C22H27N3O5S. The molecule has 2 aromatic carbocycles. The molecule has 1 fully saturated rings. The van der Waals surface area contributed by atoms with E-state index in [9.17, 15) is 18.0 Å². The average Bonchev–Trinajstić information content (AvgIpc) is 2.72. The van der Waals surface area contributed by atoms with E-state index in [1.807, 2.05) is 32.0 Å². The highest BCUT2D eigenvalue weighted by Gasteiger charge is 2.25. The number of hydrogen-bond donors (Lipinski definition) is 1. The van der Waals surface area contributed by atoms with Gasteiger partial charge in [-0.3, -0.25) is 14.3 Å². The Morgan fingerprint density at radius 3 is 2.16 bits per heavy atom. The van der Waals surface area contributed by atoms with Crippen LogP contribution in [-0.2, 0) is 14.8 Å². The van der Waals surface area contributed by atoms with Crippen LogP contribution in [0.3, 0.4) is 0 Å². The predicted molar refractivity (Wildman–Crippen MR) is 119 cm³/mol. The summed E-state index contributed by atoms with van der Waals surface area (Å²) in [6, 6.07) is 12.1. The maximum Gasteiger partial charge on any atom is 0.260 e. The molecule has 2 amide bonds. The lowest BCUT2D eigenvalue weighted by Crippen LogP contribution is -2.51. The fourth-order valence-electron chi connectivity index (χ4n) is 3.43. The van der Waals surface area contributed by atoms with Gasteiger partial charge in [-0.05, 0) is 49.7 Å². The van der Waals surface area contributed by atoms with Crippen molar-refractivity contribution in [3.05, 3.63) is 59.2 Å². The lowest BCUT2D eigenvalue weighted by Gasteiger charge is -2.34. The number of amides is 2. The highest BCUT2D eigenvalue weighted by atomic mass is 32.2. The summed E-state index contributed by atoms with van der Waals surface area (Å²) in [4.78, 5) is 28.6. The molecular weight excluding hydrogens is 418 g/mol. The lowest BCUT2D eigenvalue weighted by molar-refractivity contribution is -0.134. The number of aryl methyl sites for hydroxylation is 2. The molecule has 166 valence electrons. The Labute approximate surface area is 182 Å². The number of piperazine rings is 1. The highest BCUT2D eigenvalue weighted by molar-refractivity contribution is 7.92. The first kappa shape index (κ1) is 22.6. The normalized spacial score (nSPS) is 14.3. The number of carbonyl (C=O) groups is 2. The molecule has 3 rings (SSSR count). The first-order chi connectivity index (χ1) is 14.6. The van der Waals surface area contributed by atoms with Crippen LogP contribution in [-0.4, -0.2) is 69.1 Å². The third-order valence-electron chi connectivity index (χ3n) is 5.04. The maximum absolute atomic E-state index is 12.7. The van der Waals surface area contributed by atoms with Crippen molar-refractivity contribution in [3.63, 3.8) is 0 Å². The largest absolute Gasteiger partial charge is 0.484 e. The molecule has 1 aliphatic heterocycles. The van der Waals surface area contributed by atoms with E-state index in [2.05, 4.69) is 4.72 Å². The number of sulfonamides is 1. The van der Waals surface area contributed by atoms with E-state index in [1.165, 1.54) is 0 Å². The van der Waals surface area contributed by atoms with Crippen LogP contribution in [0.25, 0.3) is 0 Å². The fourth-order valence-corrected chi connectivity index (χ4v) is 3.99. The molecule has 1 heterocycles. The number of hydrogen-bond acceptors (Lipinski definition) is 5. The Morgan fingerprint density at radius 2 is 1.58 bits per heavy atom. The van der Waals surface area contributed by atoms with E-state index < -0.39 is 10.0 Å². The molecule has 1 saturated heterocycles. The van der Waals surface area contributed by atoms with Crippen LogP contribution in [0, 0.1) is 13.8 Å². The van der Waals surface area contributed by atoms with Gasteiger partial charge < -0.3 is 14.5 Å². The third-order valence-corrected chi connectivity index (χ3v) is 5.64. The van der Waals surface area contributed by atoms with Gasteiger partial charge in [0, 0.05) is 37.4 Å². The highest BCUT2D eigenvalue weighted by Crippen LogP contribution is 2.19. The first-order valence-electron chi connectivity index (χ1n) is 9.97. The van der Waals surface area contributed by atoms with Crippen molar-refractivity contribution in [2.24, 2.45) is 0 Å². The number of anilines is 1. The van der Waals surface area contributed by atoms with Crippen LogP contribution in [0.5, 0.6) is 5.75 Å². The monoisotopic (exact) mass is 445 g/mol. The molecule has 0 spiro atoms. The summed E-state index contributed by atoms with van der Waals surface area (Å²) in [5, 5.41) is 0. The van der Waals surface area contributed by atoms with E-state index in [0.29, 0.717) is 43.2 Å². The zero-order chi connectivity index (χ0) is 22.6. The van der Waals surface area contributed by atoms with Crippen LogP contribution in [0.15, 0.2) is 42.5 Å². The minimum Gasteiger partial charge on any atom is -0.484 e. The minimum atomic E-state index is -3.37. The number of ether oxygens (including phenoxy) is 1. The van der Waals surface area contributed by atoms with Crippen molar-refractivity contribution in [1.29, 1.82) is 0 Å². The summed E-state index contributed by atoms with van der Waals surface area (Å²) in [5.74, 6) is 0.439. The Hall–Kier alpha value is -3.07. The summed E-state index contributed by atoms with van der Waals surface area (Å²) in [5.41, 5.74) is 2.99. The van der Waals surface area contributed by atoms with E-state index in [-0.39, 0.29) is 18.4 Å². The van der Waals surface area contributed by atoms with Crippen molar-refractivity contribution in [2.45, 2.75) is 13.8 Å². The van der Waals surface area contributed by atoms with Gasteiger partial charge in [0.05, 0.1) is 6.26 Å². The molecule has 0 radical (unpaired) electrons. The van der Waals surface area contributed by atoms with Crippen LogP contribution >= 0.6 is 0 Å². The maximum atomic E-state index is 12.7. The van der Waals surface area contributed by atoms with Gasteiger partial charge in [0.15, 0.2) is 6.61 Å². The Kier molecular flexibility index (Phi) is 6.84. The molecule has 1 N–H and O–H groups in total. The van der Waals surface area contributed by atoms with Crippen LogP contribution in [0.2, 0.25) is 0 Å². The van der Waals surface area contributed by atoms with E-state index in [0.717, 1.165) is 17.4 Å². The summed E-state index contributed by atoms with van der Waals surface area (Å²) >= 11 is 0. The van der Waals surface area contributed by atoms with Crippen molar-refractivity contribution in [3.8, 4) is 5.75 Å². The van der Waals surface area contributed by atoms with Gasteiger partial charge >= 0.3 is 0 Å².